The van der Waals surface area contributed by atoms with Gasteiger partial charge in [-0.05, 0) is 43.4 Å². The van der Waals surface area contributed by atoms with Gasteiger partial charge in [0.25, 0.3) is 0 Å². The van der Waals surface area contributed by atoms with Gasteiger partial charge in [0, 0.05) is 55.4 Å². The van der Waals surface area contributed by atoms with Crippen LogP contribution in [-0.2, 0) is 19.1 Å². The molecule has 2 unspecified atom stereocenters. The maximum Gasteiger partial charge on any atom is 0.337 e. The number of carboxylic acids is 2. The zero-order valence-corrected chi connectivity index (χ0v) is 27.7. The first-order valence-electron chi connectivity index (χ1n) is 15.5. The number of aliphatic hydroxyl groups is 2. The standard InChI is InChI=1S/C31H33N5O4.C4H6O6/c1-34-15-17-36(18-16-34)20-27(37)35(2)24-12-10-23(11-13-24)32-29(21-7-5-4-6-8-21)28-25-14-9-22(31(39)40-3)19-26(25)33-30(28)38;5-1(3(7)8)2(6)4(9)10/h4-14,19,33,38H,15-18,20H2,1-3H3;1-2,5-6H,(H,7,8)(H,9,10). The Bertz CT molecular complexity index is 1830. The van der Waals surface area contributed by atoms with Crippen molar-refractivity contribution in [1.29, 1.82) is 0 Å². The van der Waals surface area contributed by atoms with Gasteiger partial charge >= 0.3 is 17.9 Å². The predicted molar refractivity (Wildman–Crippen MR) is 184 cm³/mol. The fourth-order valence-electron chi connectivity index (χ4n) is 5.13. The Hall–Kier alpha value is -5.61. The minimum absolute atomic E-state index is 0.0424. The van der Waals surface area contributed by atoms with Crippen LogP contribution in [0.25, 0.3) is 10.9 Å². The summed E-state index contributed by atoms with van der Waals surface area (Å²) in [4.78, 5) is 58.5. The lowest BCUT2D eigenvalue weighted by atomic mass is 10.00. The number of aromatic hydroxyl groups is 1. The van der Waals surface area contributed by atoms with Crippen LogP contribution in [0.4, 0.5) is 11.4 Å². The number of aliphatic carboxylic acids is 2. The maximum atomic E-state index is 12.9. The summed E-state index contributed by atoms with van der Waals surface area (Å²) in [6.45, 7) is 4.09. The van der Waals surface area contributed by atoms with Crippen molar-refractivity contribution >= 4 is 51.8 Å². The predicted octanol–water partition coefficient (Wildman–Crippen LogP) is 1.92. The van der Waals surface area contributed by atoms with E-state index in [1.807, 2.05) is 54.6 Å². The van der Waals surface area contributed by atoms with Crippen LogP contribution in [0.2, 0.25) is 0 Å². The molecule has 2 heterocycles. The first-order chi connectivity index (χ1) is 23.8. The third kappa shape index (κ3) is 9.09. The molecule has 264 valence electrons. The Labute approximate surface area is 287 Å². The summed E-state index contributed by atoms with van der Waals surface area (Å²) >= 11 is 0. The highest BCUT2D eigenvalue weighted by molar-refractivity contribution is 6.22. The van der Waals surface area contributed by atoms with E-state index < -0.39 is 30.1 Å². The van der Waals surface area contributed by atoms with Gasteiger partial charge in [0.05, 0.1) is 36.2 Å². The van der Waals surface area contributed by atoms with E-state index in [9.17, 15) is 24.3 Å². The number of nitrogens with zero attached hydrogens (tertiary/aromatic N) is 4. The van der Waals surface area contributed by atoms with Gasteiger partial charge in [-0.2, -0.15) is 0 Å². The number of fused-ring (bicyclic) bond motifs is 1. The van der Waals surface area contributed by atoms with Crippen molar-refractivity contribution in [3.8, 4) is 5.88 Å². The van der Waals surface area contributed by atoms with Gasteiger partial charge in [0.15, 0.2) is 18.1 Å². The monoisotopic (exact) mass is 689 g/mol. The third-order valence-corrected chi connectivity index (χ3v) is 8.10. The Balaban J connectivity index is 0.000000490. The Morgan fingerprint density at radius 1 is 0.880 bits per heavy atom. The summed E-state index contributed by atoms with van der Waals surface area (Å²) in [6.07, 6.45) is -4.53. The molecule has 1 aliphatic rings. The lowest BCUT2D eigenvalue weighted by Gasteiger charge is -2.32. The molecule has 1 fully saturated rings. The van der Waals surface area contributed by atoms with Crippen LogP contribution < -0.4 is 4.90 Å². The number of benzene rings is 3. The molecule has 0 spiro atoms. The van der Waals surface area contributed by atoms with E-state index in [1.165, 1.54) is 7.11 Å². The van der Waals surface area contributed by atoms with Crippen molar-refractivity contribution in [2.24, 2.45) is 4.99 Å². The molecule has 1 aliphatic heterocycles. The lowest BCUT2D eigenvalue weighted by molar-refractivity contribution is -0.165. The molecule has 1 saturated heterocycles. The van der Waals surface area contributed by atoms with Crippen LogP contribution in [0, 0.1) is 0 Å². The minimum Gasteiger partial charge on any atom is -0.494 e. The number of aromatic amines is 1. The second-order valence-electron chi connectivity index (χ2n) is 11.5. The van der Waals surface area contributed by atoms with E-state index in [-0.39, 0.29) is 11.8 Å². The van der Waals surface area contributed by atoms with Gasteiger partial charge in [-0.1, -0.05) is 36.4 Å². The first-order valence-corrected chi connectivity index (χ1v) is 15.5. The van der Waals surface area contributed by atoms with Gasteiger partial charge in [-0.25, -0.2) is 19.4 Å². The lowest BCUT2D eigenvalue weighted by Crippen LogP contribution is -2.48. The van der Waals surface area contributed by atoms with Gasteiger partial charge in [-0.15, -0.1) is 0 Å². The molecule has 1 aromatic heterocycles. The molecular formula is C35H39N5O10. The quantitative estimate of drug-likeness (QED) is 0.104. The molecule has 0 radical (unpaired) electrons. The normalized spacial score (nSPS) is 15.0. The number of anilines is 1. The third-order valence-electron chi connectivity index (χ3n) is 8.10. The second-order valence-corrected chi connectivity index (χ2v) is 11.5. The van der Waals surface area contributed by atoms with Crippen molar-refractivity contribution in [3.63, 3.8) is 0 Å². The fraction of sp³-hybridized carbons (Fsp3) is 0.286. The number of aliphatic imine (C=N–C) groups is 1. The van der Waals surface area contributed by atoms with Gasteiger partial charge < -0.3 is 45.1 Å². The smallest absolute Gasteiger partial charge is 0.337 e. The number of rotatable bonds is 10. The largest absolute Gasteiger partial charge is 0.494 e. The minimum atomic E-state index is -2.27. The number of aromatic nitrogens is 1. The van der Waals surface area contributed by atoms with E-state index in [0.717, 1.165) is 42.8 Å². The van der Waals surface area contributed by atoms with Crippen molar-refractivity contribution in [1.82, 2.24) is 14.8 Å². The maximum absolute atomic E-state index is 12.9. The number of likely N-dealkylation sites (N-methyl/N-ethyl adjacent to an activating group) is 2. The molecule has 6 N–H and O–H groups in total. The summed E-state index contributed by atoms with van der Waals surface area (Å²) in [6, 6.07) is 22.2. The Morgan fingerprint density at radius 3 is 2.04 bits per heavy atom. The molecule has 0 aliphatic carbocycles. The number of esters is 1. The van der Waals surface area contributed by atoms with Crippen LogP contribution in [-0.4, -0.2) is 136 Å². The first kappa shape index (κ1) is 37.2. The van der Waals surface area contributed by atoms with E-state index in [2.05, 4.69) is 21.8 Å². The van der Waals surface area contributed by atoms with Gasteiger partial charge in [0.2, 0.25) is 5.91 Å². The molecule has 2 atom stereocenters. The highest BCUT2D eigenvalue weighted by Crippen LogP contribution is 2.32. The number of piperazine rings is 1. The number of hydrogen-bond acceptors (Lipinski definition) is 11. The summed E-state index contributed by atoms with van der Waals surface area (Å²) in [5.74, 6) is -4.00. The number of carbonyl (C=O) groups excluding carboxylic acids is 2. The number of hydrogen-bond donors (Lipinski definition) is 6. The average molecular weight is 690 g/mol. The molecule has 4 aromatic rings. The highest BCUT2D eigenvalue weighted by Gasteiger charge is 2.29. The zero-order valence-electron chi connectivity index (χ0n) is 27.7. The second kappa shape index (κ2) is 16.7. The summed E-state index contributed by atoms with van der Waals surface area (Å²) in [7, 11) is 5.22. The van der Waals surface area contributed by atoms with Crippen molar-refractivity contribution < 1.29 is 49.4 Å². The zero-order chi connectivity index (χ0) is 36.5. The molecule has 1 amide bonds. The summed E-state index contributed by atoms with van der Waals surface area (Å²) in [5, 5.41) is 44.2. The Kier molecular flexibility index (Phi) is 12.4. The van der Waals surface area contributed by atoms with E-state index in [1.54, 1.807) is 30.1 Å². The van der Waals surface area contributed by atoms with Gasteiger partial charge in [-0.3, -0.25) is 9.69 Å². The van der Waals surface area contributed by atoms with E-state index in [0.29, 0.717) is 34.6 Å². The van der Waals surface area contributed by atoms with E-state index in [4.69, 9.17) is 30.2 Å². The average Bonchev–Trinajstić information content (AvgIpc) is 3.45. The number of carbonyl (C=O) groups is 4. The molecule has 15 nitrogen and oxygen atoms in total. The van der Waals surface area contributed by atoms with Crippen LogP contribution in [0.5, 0.6) is 5.88 Å². The van der Waals surface area contributed by atoms with Crippen molar-refractivity contribution in [3.05, 3.63) is 89.5 Å². The number of nitrogens with one attached hydrogen (secondary N) is 1. The Morgan fingerprint density at radius 2 is 1.48 bits per heavy atom. The number of H-pyrrole nitrogens is 1. The molecule has 0 saturated carbocycles. The molecular weight excluding hydrogens is 650 g/mol. The van der Waals surface area contributed by atoms with Crippen molar-refractivity contribution in [2.75, 3.05) is 58.8 Å². The number of ether oxygens (including phenoxy) is 1. The number of amides is 1. The topological polar surface area (TPSA) is 217 Å². The van der Waals surface area contributed by atoms with Crippen LogP contribution in [0.15, 0.2) is 77.8 Å². The molecule has 3 aromatic carbocycles. The molecule has 5 rings (SSSR count). The summed E-state index contributed by atoms with van der Waals surface area (Å²) in [5.41, 5.74) is 4.34. The van der Waals surface area contributed by atoms with Crippen LogP contribution in [0.3, 0.4) is 0 Å². The SMILES string of the molecule is COC(=O)c1ccc2c(C(=Nc3ccc(N(C)C(=O)CN4CCN(C)CC4)cc3)c3ccccc3)c(O)[nH]c2c1.O=C(O)C(O)C(O)C(=O)O. The van der Waals surface area contributed by atoms with Gasteiger partial charge in [0.1, 0.15) is 0 Å². The highest BCUT2D eigenvalue weighted by atomic mass is 16.5. The number of carboxylic acid groups (broad SMARTS) is 2. The number of aliphatic hydroxyl groups excluding tert-OH is 2. The molecule has 50 heavy (non-hydrogen) atoms. The summed E-state index contributed by atoms with van der Waals surface area (Å²) < 4.78 is 4.83. The molecule has 15 heteroatoms. The van der Waals surface area contributed by atoms with Crippen LogP contribution >= 0.6 is 0 Å². The van der Waals surface area contributed by atoms with E-state index >= 15 is 0 Å². The number of methoxy groups -OCH3 is 1. The van der Waals surface area contributed by atoms with Crippen LogP contribution in [0.1, 0.15) is 21.5 Å². The fourth-order valence-corrected chi connectivity index (χ4v) is 5.13. The van der Waals surface area contributed by atoms with Crippen molar-refractivity contribution in [2.45, 2.75) is 12.2 Å². The molecule has 0 bridgehead atoms.